The summed E-state index contributed by atoms with van der Waals surface area (Å²) in [6, 6.07) is 7.95. The van der Waals surface area contributed by atoms with E-state index in [-0.39, 0.29) is 11.3 Å². The number of hydrazine groups is 1. The van der Waals surface area contributed by atoms with Gasteiger partial charge in [-0.05, 0) is 36.0 Å². The van der Waals surface area contributed by atoms with Crippen molar-refractivity contribution >= 4 is 5.91 Å². The summed E-state index contributed by atoms with van der Waals surface area (Å²) in [4.78, 5) is 11.6. The number of hydrogen-bond acceptors (Lipinski definition) is 3. The third kappa shape index (κ3) is 4.23. The van der Waals surface area contributed by atoms with Gasteiger partial charge in [-0.25, -0.2) is 5.84 Å². The lowest BCUT2D eigenvalue weighted by atomic mass is 9.82. The average Bonchev–Trinajstić information content (AvgIpc) is 2.46. The van der Waals surface area contributed by atoms with Gasteiger partial charge in [0.2, 0.25) is 0 Å². The van der Waals surface area contributed by atoms with Gasteiger partial charge in [-0.3, -0.25) is 10.2 Å². The predicted octanol–water partition coefficient (Wildman–Crippen LogP) is 2.91. The van der Waals surface area contributed by atoms with E-state index in [0.717, 1.165) is 12.8 Å². The average molecular weight is 278 g/mol. The first-order chi connectivity index (χ1) is 9.44. The van der Waals surface area contributed by atoms with Crippen LogP contribution in [0.1, 0.15) is 52.5 Å². The second-order valence-corrected chi connectivity index (χ2v) is 5.67. The van der Waals surface area contributed by atoms with Crippen molar-refractivity contribution in [1.29, 1.82) is 0 Å². The number of amides is 1. The molecule has 1 atom stereocenters. The van der Waals surface area contributed by atoms with E-state index in [0.29, 0.717) is 12.2 Å². The zero-order valence-electron chi connectivity index (χ0n) is 12.9. The standard InChI is InChI=1S/C16H26N2O2/c1-5-7-14(15(19)18-17)20-13-10-8-12(9-11-13)16(3,4)6-2/h8-11,14H,5-7,17H2,1-4H3,(H,18,19). The Balaban J connectivity index is 2.80. The molecular weight excluding hydrogens is 252 g/mol. The normalized spacial score (nSPS) is 12.8. The molecule has 0 aliphatic rings. The monoisotopic (exact) mass is 278 g/mol. The highest BCUT2D eigenvalue weighted by Gasteiger charge is 2.20. The van der Waals surface area contributed by atoms with Crippen molar-refractivity contribution in [3.8, 4) is 5.75 Å². The lowest BCUT2D eigenvalue weighted by molar-refractivity contribution is -0.128. The zero-order valence-corrected chi connectivity index (χ0v) is 12.9. The highest BCUT2D eigenvalue weighted by atomic mass is 16.5. The molecule has 4 heteroatoms. The van der Waals surface area contributed by atoms with Gasteiger partial charge < -0.3 is 4.74 Å². The van der Waals surface area contributed by atoms with Crippen molar-refractivity contribution in [3.63, 3.8) is 0 Å². The maximum Gasteiger partial charge on any atom is 0.274 e. The minimum Gasteiger partial charge on any atom is -0.481 e. The molecule has 0 bridgehead atoms. The third-order valence-electron chi connectivity index (χ3n) is 3.78. The molecule has 0 heterocycles. The predicted molar refractivity (Wildman–Crippen MR) is 81.4 cm³/mol. The number of ether oxygens (including phenoxy) is 1. The quantitative estimate of drug-likeness (QED) is 0.458. The van der Waals surface area contributed by atoms with Crippen LogP contribution in [0.15, 0.2) is 24.3 Å². The minimum atomic E-state index is -0.532. The number of nitrogens with one attached hydrogen (secondary N) is 1. The maximum atomic E-state index is 11.6. The molecule has 20 heavy (non-hydrogen) atoms. The van der Waals surface area contributed by atoms with Crippen molar-refractivity contribution in [2.45, 2.75) is 58.5 Å². The summed E-state index contributed by atoms with van der Waals surface area (Å²) in [5, 5.41) is 0. The number of rotatable bonds is 7. The molecule has 0 aromatic heterocycles. The maximum absolute atomic E-state index is 11.6. The van der Waals surface area contributed by atoms with Crippen LogP contribution in [0.4, 0.5) is 0 Å². The van der Waals surface area contributed by atoms with Crippen molar-refractivity contribution in [2.75, 3.05) is 0 Å². The molecule has 112 valence electrons. The molecule has 0 aliphatic carbocycles. The lowest BCUT2D eigenvalue weighted by Gasteiger charge is -2.24. The first-order valence-corrected chi connectivity index (χ1v) is 7.22. The van der Waals surface area contributed by atoms with Crippen LogP contribution in [0, 0.1) is 0 Å². The van der Waals surface area contributed by atoms with Crippen LogP contribution in [-0.4, -0.2) is 12.0 Å². The van der Waals surface area contributed by atoms with Crippen LogP contribution in [0.5, 0.6) is 5.75 Å². The van der Waals surface area contributed by atoms with Crippen LogP contribution in [0.2, 0.25) is 0 Å². The fourth-order valence-electron chi connectivity index (χ4n) is 1.95. The molecule has 0 spiro atoms. The lowest BCUT2D eigenvalue weighted by Crippen LogP contribution is -2.42. The zero-order chi connectivity index (χ0) is 15.2. The van der Waals surface area contributed by atoms with Crippen LogP contribution < -0.4 is 16.0 Å². The van der Waals surface area contributed by atoms with E-state index in [9.17, 15) is 4.79 Å². The van der Waals surface area contributed by atoms with E-state index in [1.807, 2.05) is 19.1 Å². The smallest absolute Gasteiger partial charge is 0.274 e. The SMILES string of the molecule is CCCC(Oc1ccc(C(C)(C)CC)cc1)C(=O)NN. The summed E-state index contributed by atoms with van der Waals surface area (Å²) in [7, 11) is 0. The fourth-order valence-corrected chi connectivity index (χ4v) is 1.95. The Morgan fingerprint density at radius 1 is 1.30 bits per heavy atom. The van der Waals surface area contributed by atoms with Crippen LogP contribution in [0.25, 0.3) is 0 Å². The topological polar surface area (TPSA) is 64.3 Å². The Morgan fingerprint density at radius 2 is 1.90 bits per heavy atom. The van der Waals surface area contributed by atoms with Gasteiger partial charge in [-0.2, -0.15) is 0 Å². The summed E-state index contributed by atoms with van der Waals surface area (Å²) >= 11 is 0. The molecule has 1 aromatic carbocycles. The second-order valence-electron chi connectivity index (χ2n) is 5.67. The van der Waals surface area contributed by atoms with Gasteiger partial charge >= 0.3 is 0 Å². The summed E-state index contributed by atoms with van der Waals surface area (Å²) in [6.07, 6.45) is 2.04. The largest absolute Gasteiger partial charge is 0.481 e. The van der Waals surface area contributed by atoms with E-state index in [1.54, 1.807) is 0 Å². The summed E-state index contributed by atoms with van der Waals surface area (Å²) in [6.45, 7) is 8.61. The van der Waals surface area contributed by atoms with E-state index in [2.05, 4.69) is 38.3 Å². The highest BCUT2D eigenvalue weighted by Crippen LogP contribution is 2.28. The van der Waals surface area contributed by atoms with Crippen molar-refractivity contribution in [1.82, 2.24) is 5.43 Å². The second kappa shape index (κ2) is 7.29. The van der Waals surface area contributed by atoms with Crippen LogP contribution in [0.3, 0.4) is 0 Å². The molecule has 1 rings (SSSR count). The van der Waals surface area contributed by atoms with Gasteiger partial charge in [0, 0.05) is 0 Å². The van der Waals surface area contributed by atoms with Crippen molar-refractivity contribution < 1.29 is 9.53 Å². The molecule has 0 saturated carbocycles. The number of hydrogen-bond donors (Lipinski definition) is 2. The highest BCUT2D eigenvalue weighted by molar-refractivity contribution is 5.80. The molecule has 1 amide bonds. The molecule has 0 fully saturated rings. The third-order valence-corrected chi connectivity index (χ3v) is 3.78. The number of benzene rings is 1. The van der Waals surface area contributed by atoms with Gasteiger partial charge in [0.05, 0.1) is 0 Å². The molecule has 1 aromatic rings. The number of nitrogens with two attached hydrogens (primary N) is 1. The van der Waals surface area contributed by atoms with Crippen molar-refractivity contribution in [2.24, 2.45) is 5.84 Å². The summed E-state index contributed by atoms with van der Waals surface area (Å²) < 4.78 is 5.72. The first kappa shape index (κ1) is 16.5. The van der Waals surface area contributed by atoms with Gasteiger partial charge in [0.15, 0.2) is 6.10 Å². The molecule has 3 N–H and O–H groups in total. The molecular formula is C16H26N2O2. The number of carbonyl (C=O) groups excluding carboxylic acids is 1. The van der Waals surface area contributed by atoms with Gasteiger partial charge in [-0.1, -0.05) is 46.2 Å². The fraction of sp³-hybridized carbons (Fsp3) is 0.562. The van der Waals surface area contributed by atoms with Crippen molar-refractivity contribution in [3.05, 3.63) is 29.8 Å². The molecule has 0 aliphatic heterocycles. The Hall–Kier alpha value is -1.55. The Labute approximate surface area is 121 Å². The van der Waals surface area contributed by atoms with E-state index >= 15 is 0 Å². The van der Waals surface area contributed by atoms with Gasteiger partial charge in [0.1, 0.15) is 5.75 Å². The van der Waals surface area contributed by atoms with Gasteiger partial charge in [-0.15, -0.1) is 0 Å². The van der Waals surface area contributed by atoms with E-state index < -0.39 is 6.10 Å². The van der Waals surface area contributed by atoms with Crippen LogP contribution in [-0.2, 0) is 10.2 Å². The molecule has 4 nitrogen and oxygen atoms in total. The summed E-state index contributed by atoms with van der Waals surface area (Å²) in [5.74, 6) is 5.59. The van der Waals surface area contributed by atoms with E-state index in [1.165, 1.54) is 5.56 Å². The van der Waals surface area contributed by atoms with Gasteiger partial charge in [0.25, 0.3) is 5.91 Å². The summed E-state index contributed by atoms with van der Waals surface area (Å²) in [5.41, 5.74) is 3.57. The Bertz CT molecular complexity index is 427. The van der Waals surface area contributed by atoms with Crippen LogP contribution >= 0.6 is 0 Å². The minimum absolute atomic E-state index is 0.149. The molecule has 0 radical (unpaired) electrons. The Kier molecular flexibility index (Phi) is 6.02. The molecule has 1 unspecified atom stereocenters. The first-order valence-electron chi connectivity index (χ1n) is 7.22. The molecule has 0 saturated heterocycles. The number of carbonyl (C=O) groups is 1. The van der Waals surface area contributed by atoms with E-state index in [4.69, 9.17) is 10.6 Å². The Morgan fingerprint density at radius 3 is 2.35 bits per heavy atom.